The molecule has 35 heavy (non-hydrogen) atoms. The molecule has 0 aliphatic heterocycles. The highest BCUT2D eigenvalue weighted by Gasteiger charge is 2.42. The Labute approximate surface area is 185 Å². The summed E-state index contributed by atoms with van der Waals surface area (Å²) in [7, 11) is 0. The van der Waals surface area contributed by atoms with Gasteiger partial charge in [0.1, 0.15) is 11.6 Å². The Bertz CT molecular complexity index is 1560. The molecule has 0 bridgehead atoms. The molecule has 3 aromatic rings. The molecule has 0 saturated carbocycles. The number of aromatic nitrogens is 2. The van der Waals surface area contributed by atoms with Crippen molar-refractivity contribution in [2.75, 3.05) is 0 Å². The summed E-state index contributed by atoms with van der Waals surface area (Å²) in [5.41, 5.74) is -10.6. The predicted octanol–water partition coefficient (Wildman–Crippen LogP) is 4.19. The SMILES string of the molecule is N#C/C(=c1/c(C#N)c/c(=C(\c2c(F)c(F)c(F)c(F)c2F)C(F)(F)F)c2nccnc12)C(F)(F)F. The normalized spacial score (nSPS) is 13.9. The Morgan fingerprint density at radius 2 is 1.20 bits per heavy atom. The molecule has 2 aromatic carbocycles. The first-order chi connectivity index (χ1) is 16.2. The molecule has 0 aliphatic rings. The van der Waals surface area contributed by atoms with Gasteiger partial charge in [-0.15, -0.1) is 0 Å². The zero-order valence-corrected chi connectivity index (χ0v) is 16.2. The van der Waals surface area contributed by atoms with E-state index in [1.165, 1.54) is 0 Å². The molecule has 180 valence electrons. The standard InChI is InChI=1S/C20H3F11N4/c21-12-10(13(22)15(24)16(25)14(12)23)11(20(29,30)31)7-3-6(4-32)9(8(5-33)19(26,27)28)18-17(7)34-1-2-35-18/h1-3H/b9-8+,11-7-. The number of benzene rings is 2. The second kappa shape index (κ2) is 8.50. The van der Waals surface area contributed by atoms with Gasteiger partial charge in [-0.2, -0.15) is 36.9 Å². The molecule has 0 amide bonds. The molecule has 0 unspecified atom stereocenters. The summed E-state index contributed by atoms with van der Waals surface area (Å²) in [5.74, 6) is -14.0. The maximum atomic E-state index is 14.3. The summed E-state index contributed by atoms with van der Waals surface area (Å²) in [6.07, 6.45) is -10.0. The molecule has 3 rings (SSSR count). The van der Waals surface area contributed by atoms with Crippen molar-refractivity contribution in [1.82, 2.24) is 9.97 Å². The number of nitriles is 2. The third-order valence-corrected chi connectivity index (χ3v) is 4.53. The quantitative estimate of drug-likeness (QED) is 0.281. The minimum Gasteiger partial charge on any atom is -0.252 e. The lowest BCUT2D eigenvalue weighted by Gasteiger charge is -2.16. The minimum atomic E-state index is -5.90. The van der Waals surface area contributed by atoms with Crippen LogP contribution in [0, 0.1) is 51.7 Å². The largest absolute Gasteiger partial charge is 0.426 e. The fourth-order valence-electron chi connectivity index (χ4n) is 3.18. The Hall–Kier alpha value is -4.27. The molecule has 1 heterocycles. The molecule has 0 atom stereocenters. The molecule has 4 nitrogen and oxygen atoms in total. The summed E-state index contributed by atoms with van der Waals surface area (Å²) in [6.45, 7) is 0. The van der Waals surface area contributed by atoms with Gasteiger partial charge in [0.05, 0.1) is 33.8 Å². The lowest BCUT2D eigenvalue weighted by Crippen LogP contribution is -2.30. The first kappa shape index (κ1) is 25.4. The topological polar surface area (TPSA) is 73.4 Å². The average molecular weight is 508 g/mol. The third kappa shape index (κ3) is 4.09. The molecule has 0 radical (unpaired) electrons. The van der Waals surface area contributed by atoms with E-state index in [0.717, 1.165) is 12.1 Å². The minimum absolute atomic E-state index is 0.0380. The van der Waals surface area contributed by atoms with Crippen LogP contribution in [0.3, 0.4) is 0 Å². The molecular weight excluding hydrogens is 505 g/mol. The Morgan fingerprint density at radius 3 is 1.63 bits per heavy atom. The third-order valence-electron chi connectivity index (χ3n) is 4.53. The van der Waals surface area contributed by atoms with Crippen molar-refractivity contribution in [3.8, 4) is 12.1 Å². The number of fused-ring (bicyclic) bond motifs is 1. The zero-order chi connectivity index (χ0) is 26.5. The predicted molar refractivity (Wildman–Crippen MR) is 93.4 cm³/mol. The van der Waals surface area contributed by atoms with Gasteiger partial charge in [0.2, 0.25) is 5.82 Å². The van der Waals surface area contributed by atoms with Gasteiger partial charge >= 0.3 is 12.4 Å². The van der Waals surface area contributed by atoms with Crippen molar-refractivity contribution >= 4 is 22.2 Å². The lowest BCUT2D eigenvalue weighted by molar-refractivity contribution is -0.0703. The summed E-state index contributed by atoms with van der Waals surface area (Å²) < 4.78 is 152. The van der Waals surface area contributed by atoms with Crippen LogP contribution in [0.15, 0.2) is 18.5 Å². The monoisotopic (exact) mass is 508 g/mol. The number of alkyl halides is 6. The first-order valence-electron chi connectivity index (χ1n) is 8.65. The van der Waals surface area contributed by atoms with Gasteiger partial charge in [0.25, 0.3) is 0 Å². The average Bonchev–Trinajstić information content (AvgIpc) is 2.78. The summed E-state index contributed by atoms with van der Waals surface area (Å²) >= 11 is 0. The fraction of sp³-hybridized carbons (Fsp3) is 0.100. The van der Waals surface area contributed by atoms with Gasteiger partial charge in [-0.3, -0.25) is 9.97 Å². The van der Waals surface area contributed by atoms with Crippen molar-refractivity contribution in [2.24, 2.45) is 0 Å². The highest BCUT2D eigenvalue weighted by molar-refractivity contribution is 5.87. The van der Waals surface area contributed by atoms with Crippen molar-refractivity contribution in [2.45, 2.75) is 12.4 Å². The van der Waals surface area contributed by atoms with E-state index in [1.54, 1.807) is 0 Å². The van der Waals surface area contributed by atoms with Gasteiger partial charge in [-0.25, -0.2) is 22.0 Å². The maximum absolute atomic E-state index is 14.3. The van der Waals surface area contributed by atoms with Crippen LogP contribution >= 0.6 is 0 Å². The highest BCUT2D eigenvalue weighted by atomic mass is 19.4. The Balaban J connectivity index is 2.84. The molecule has 15 heteroatoms. The summed E-state index contributed by atoms with van der Waals surface area (Å²) in [5, 5.41) is 15.5. The van der Waals surface area contributed by atoms with Gasteiger partial charge in [-0.1, -0.05) is 0 Å². The van der Waals surface area contributed by atoms with E-state index in [0.29, 0.717) is 12.4 Å². The number of halogens is 11. The summed E-state index contributed by atoms with van der Waals surface area (Å²) in [6, 6.07) is 1.91. The van der Waals surface area contributed by atoms with Gasteiger partial charge in [0, 0.05) is 22.8 Å². The van der Waals surface area contributed by atoms with Crippen LogP contribution in [0.4, 0.5) is 48.3 Å². The maximum Gasteiger partial charge on any atom is 0.426 e. The van der Waals surface area contributed by atoms with Crippen LogP contribution in [-0.2, 0) is 0 Å². The second-order valence-corrected chi connectivity index (χ2v) is 6.51. The van der Waals surface area contributed by atoms with E-state index in [9.17, 15) is 53.6 Å². The van der Waals surface area contributed by atoms with Crippen LogP contribution in [0.1, 0.15) is 11.1 Å². The molecule has 0 spiro atoms. The second-order valence-electron chi connectivity index (χ2n) is 6.51. The van der Waals surface area contributed by atoms with Crippen LogP contribution in [0.5, 0.6) is 0 Å². The lowest BCUT2D eigenvalue weighted by atomic mass is 9.96. The molecule has 0 N–H and O–H groups in total. The zero-order valence-electron chi connectivity index (χ0n) is 16.2. The smallest absolute Gasteiger partial charge is 0.252 e. The summed E-state index contributed by atoms with van der Waals surface area (Å²) in [4.78, 5) is 6.83. The van der Waals surface area contributed by atoms with E-state index >= 15 is 0 Å². The van der Waals surface area contributed by atoms with Gasteiger partial charge < -0.3 is 0 Å². The number of hydrogen-bond donors (Lipinski definition) is 0. The van der Waals surface area contributed by atoms with Gasteiger partial charge in [0.15, 0.2) is 23.3 Å². The van der Waals surface area contributed by atoms with Crippen LogP contribution in [0.2, 0.25) is 0 Å². The van der Waals surface area contributed by atoms with E-state index in [-0.39, 0.29) is 6.07 Å². The molecule has 0 saturated heterocycles. The molecular formula is C20H3F11N4. The molecule has 0 fully saturated rings. The van der Waals surface area contributed by atoms with Crippen molar-refractivity contribution < 1.29 is 48.3 Å². The van der Waals surface area contributed by atoms with Crippen molar-refractivity contribution in [3.63, 3.8) is 0 Å². The van der Waals surface area contributed by atoms with Crippen molar-refractivity contribution in [3.05, 3.63) is 69.1 Å². The Kier molecular flexibility index (Phi) is 6.16. The van der Waals surface area contributed by atoms with E-state index in [1.807, 2.05) is 0 Å². The Morgan fingerprint density at radius 1 is 0.714 bits per heavy atom. The first-order valence-corrected chi connectivity index (χ1v) is 8.65. The highest BCUT2D eigenvalue weighted by Crippen LogP contribution is 2.37. The van der Waals surface area contributed by atoms with Gasteiger partial charge in [-0.05, 0) is 6.07 Å². The number of nitrogens with zero attached hydrogens (tertiary/aromatic N) is 4. The molecule has 1 aromatic heterocycles. The number of hydrogen-bond acceptors (Lipinski definition) is 4. The van der Waals surface area contributed by atoms with E-state index in [4.69, 9.17) is 5.26 Å². The van der Waals surface area contributed by atoms with Crippen molar-refractivity contribution in [1.29, 1.82) is 10.5 Å². The fourth-order valence-corrected chi connectivity index (χ4v) is 3.18. The van der Waals surface area contributed by atoms with Crippen LogP contribution < -0.4 is 10.4 Å². The van der Waals surface area contributed by atoms with Crippen LogP contribution in [0.25, 0.3) is 22.2 Å². The number of rotatable bonds is 1. The van der Waals surface area contributed by atoms with E-state index in [2.05, 4.69) is 9.97 Å². The molecule has 0 aliphatic carbocycles. The van der Waals surface area contributed by atoms with E-state index < -0.39 is 85.2 Å². The van der Waals surface area contributed by atoms with Crippen LogP contribution in [-0.4, -0.2) is 22.3 Å².